The summed E-state index contributed by atoms with van der Waals surface area (Å²) >= 11 is 0. The molecule has 0 unspecified atom stereocenters. The lowest BCUT2D eigenvalue weighted by Gasteiger charge is -2.35. The summed E-state index contributed by atoms with van der Waals surface area (Å²) in [7, 11) is 5.59. The summed E-state index contributed by atoms with van der Waals surface area (Å²) in [5, 5.41) is 9.15. The van der Waals surface area contributed by atoms with Crippen LogP contribution in [0.1, 0.15) is 117 Å². The molecule has 4 aromatic carbocycles. The summed E-state index contributed by atoms with van der Waals surface area (Å²) in [4.78, 5) is 123. The molecule has 92 heavy (non-hydrogen) atoms. The number of hydrogen-bond acceptors (Lipinski definition) is 14. The van der Waals surface area contributed by atoms with E-state index < -0.39 is 96.1 Å². The van der Waals surface area contributed by atoms with Gasteiger partial charge in [-0.1, -0.05) is 165 Å². The molecule has 1 fully saturated rings. The second kappa shape index (κ2) is 32.4. The topological polar surface area (TPSA) is 222 Å². The maximum absolute atomic E-state index is 15.3. The number of ether oxygens (including phenoxy) is 4. The zero-order valence-electron chi connectivity index (χ0n) is 55.8. The van der Waals surface area contributed by atoms with Crippen LogP contribution in [0.3, 0.4) is 0 Å². The van der Waals surface area contributed by atoms with Crippen LogP contribution in [0.5, 0.6) is 0 Å². The molecule has 492 valence electrons. The second-order valence-electron chi connectivity index (χ2n) is 26.0. The van der Waals surface area contributed by atoms with Gasteiger partial charge in [0.1, 0.15) is 24.2 Å². The van der Waals surface area contributed by atoms with Crippen LogP contribution in [0, 0.1) is 23.7 Å². The van der Waals surface area contributed by atoms with Crippen molar-refractivity contribution in [3.8, 4) is 22.3 Å². The van der Waals surface area contributed by atoms with E-state index in [4.69, 9.17) is 18.9 Å². The third kappa shape index (κ3) is 19.1. The number of aromatic nitrogens is 4. The van der Waals surface area contributed by atoms with Crippen molar-refractivity contribution in [2.24, 2.45) is 23.7 Å². The Bertz CT molecular complexity index is 3460. The van der Waals surface area contributed by atoms with Crippen LogP contribution in [0.2, 0.25) is 0 Å². The molecule has 0 aliphatic carbocycles. The average molecular weight is 1260 g/mol. The van der Waals surface area contributed by atoms with Crippen LogP contribution in [0.15, 0.2) is 134 Å². The van der Waals surface area contributed by atoms with E-state index in [-0.39, 0.29) is 62.2 Å². The lowest BCUT2D eigenvalue weighted by molar-refractivity contribution is -0.176. The zero-order valence-corrected chi connectivity index (χ0v) is 55.8. The zero-order chi connectivity index (χ0) is 67.1. The maximum Gasteiger partial charge on any atom is 0.329 e. The lowest BCUT2D eigenvalue weighted by Crippen LogP contribution is -2.55. The van der Waals surface area contributed by atoms with Gasteiger partial charge in [0, 0.05) is 64.6 Å². The van der Waals surface area contributed by atoms with Gasteiger partial charge in [-0.05, 0) is 96.6 Å². The van der Waals surface area contributed by atoms with Crippen LogP contribution >= 0.6 is 0 Å². The van der Waals surface area contributed by atoms with Gasteiger partial charge < -0.3 is 38.5 Å². The molecule has 0 spiro atoms. The molecule has 3 heterocycles. The van der Waals surface area contributed by atoms with Crippen molar-refractivity contribution < 1.29 is 57.3 Å². The molecular formula is C72H92N8O12. The number of amides is 4. The van der Waals surface area contributed by atoms with E-state index >= 15 is 9.59 Å². The van der Waals surface area contributed by atoms with E-state index in [1.807, 2.05) is 176 Å². The van der Waals surface area contributed by atoms with Gasteiger partial charge in [-0.25, -0.2) is 19.2 Å². The van der Waals surface area contributed by atoms with Gasteiger partial charge in [0.15, 0.2) is 24.4 Å². The summed E-state index contributed by atoms with van der Waals surface area (Å²) in [5.41, 5.74) is 6.86. The third-order valence-electron chi connectivity index (χ3n) is 16.5. The Hall–Kier alpha value is -8.94. The summed E-state index contributed by atoms with van der Waals surface area (Å²) in [5.74, 6) is -7.55. The fourth-order valence-corrected chi connectivity index (χ4v) is 11.4. The van der Waals surface area contributed by atoms with Crippen molar-refractivity contribution in [1.82, 2.24) is 39.2 Å². The minimum absolute atomic E-state index is 0.0689. The van der Waals surface area contributed by atoms with Gasteiger partial charge in [-0.3, -0.25) is 28.5 Å². The first-order valence-corrected chi connectivity index (χ1v) is 31.9. The number of carbonyl (C=O) groups is 8. The van der Waals surface area contributed by atoms with Crippen LogP contribution in [0.25, 0.3) is 22.3 Å². The van der Waals surface area contributed by atoms with E-state index in [9.17, 15) is 28.8 Å². The first kappa shape index (κ1) is 70.5. The SMILES string of the molecule is CC(C)C[C@H]1C(=O)O[C@H](Cc2cccc(Cn3cc(-c4ccccc4)cn3)c2)C(=O)N(C)[C@@H](CC(C)C)C(=O)O[C@H](C)C(=O)N(C)[C@@H](CC(C)C)C(=O)O[C@H](Cc2ccc(Cn3cc(-c4ccccc4)cn3)cc2)C(=O)N(C)[C@@H](CC(C)C)C(=O)O[C@H](C)C(=O)N1C. The van der Waals surface area contributed by atoms with Gasteiger partial charge in [-0.2, -0.15) is 10.2 Å². The summed E-state index contributed by atoms with van der Waals surface area (Å²) in [6, 6.07) is 29.3. The van der Waals surface area contributed by atoms with E-state index in [0.29, 0.717) is 24.2 Å². The Kier molecular flexibility index (Phi) is 24.8. The van der Waals surface area contributed by atoms with Crippen molar-refractivity contribution in [3.05, 3.63) is 156 Å². The molecule has 8 atom stereocenters. The van der Waals surface area contributed by atoms with Crippen LogP contribution in [-0.4, -0.2) is 163 Å². The molecule has 20 nitrogen and oxygen atoms in total. The van der Waals surface area contributed by atoms with Crippen molar-refractivity contribution in [1.29, 1.82) is 0 Å². The van der Waals surface area contributed by atoms with Crippen molar-refractivity contribution in [2.75, 3.05) is 28.2 Å². The largest absolute Gasteiger partial charge is 0.451 e. The highest BCUT2D eigenvalue weighted by Crippen LogP contribution is 2.26. The standard InChI is InChI=1S/C72H92N8O12/c1-45(2)32-59-69(85)89-50(10)66(82)76(12)62(35-48(7)8)72(88)92-64(38-53-22-21-23-54(36-53)42-80-44-58(40-74-80)56-26-19-16-20-27-56)68(84)78(14)60(33-46(3)4)70(86)90-49(9)65(81)75(11)61(34-47(5)6)71(87)91-63(67(83)77(59)13)37-51-28-30-52(31-29-51)41-79-43-57(39-73-79)55-24-17-15-18-25-55/h15-31,36,39-40,43-50,59-64H,32-35,37-38,41-42H2,1-14H3/t49-,50-,59+,60+,61+,62+,63-,64-/m1/s1. The molecule has 1 saturated heterocycles. The molecule has 1 aliphatic rings. The minimum Gasteiger partial charge on any atom is -0.451 e. The molecule has 1 aliphatic heterocycles. The van der Waals surface area contributed by atoms with Crippen LogP contribution in [0.4, 0.5) is 0 Å². The molecule has 7 rings (SSSR count). The number of cyclic esters (lactones) is 4. The fourth-order valence-electron chi connectivity index (χ4n) is 11.4. The quantitative estimate of drug-likeness (QED) is 0.0578. The van der Waals surface area contributed by atoms with Gasteiger partial charge >= 0.3 is 23.9 Å². The van der Waals surface area contributed by atoms with Crippen molar-refractivity contribution >= 4 is 47.5 Å². The van der Waals surface area contributed by atoms with Crippen molar-refractivity contribution in [3.63, 3.8) is 0 Å². The van der Waals surface area contributed by atoms with Crippen molar-refractivity contribution in [2.45, 2.75) is 169 Å². The van der Waals surface area contributed by atoms with Gasteiger partial charge in [-0.15, -0.1) is 0 Å². The predicted molar refractivity (Wildman–Crippen MR) is 349 cm³/mol. The van der Waals surface area contributed by atoms with Gasteiger partial charge in [0.2, 0.25) is 0 Å². The Labute approximate surface area is 541 Å². The van der Waals surface area contributed by atoms with E-state index in [1.165, 1.54) is 51.8 Å². The van der Waals surface area contributed by atoms with Gasteiger partial charge in [0.25, 0.3) is 23.6 Å². The molecular weight excluding hydrogens is 1170 g/mol. The Balaban J connectivity index is 1.24. The number of hydrogen-bond donors (Lipinski definition) is 0. The number of esters is 4. The highest BCUT2D eigenvalue weighted by Gasteiger charge is 2.43. The maximum atomic E-state index is 15.3. The van der Waals surface area contributed by atoms with Crippen LogP contribution in [-0.2, 0) is 83.2 Å². The fraction of sp³-hybridized carbons (Fsp3) is 0.472. The first-order chi connectivity index (χ1) is 43.7. The Morgan fingerprint density at radius 3 is 1.08 bits per heavy atom. The number of rotatable bonds is 18. The Morgan fingerprint density at radius 1 is 0.370 bits per heavy atom. The van der Waals surface area contributed by atoms with E-state index in [1.54, 1.807) is 23.1 Å². The smallest absolute Gasteiger partial charge is 0.329 e. The first-order valence-electron chi connectivity index (χ1n) is 31.9. The molecule has 0 bridgehead atoms. The minimum atomic E-state index is -1.57. The molecule has 0 radical (unpaired) electrons. The monoisotopic (exact) mass is 1260 g/mol. The molecule has 4 amide bonds. The van der Waals surface area contributed by atoms with E-state index in [0.717, 1.165) is 43.2 Å². The lowest BCUT2D eigenvalue weighted by atomic mass is 9.99. The highest BCUT2D eigenvalue weighted by atomic mass is 16.6. The number of carbonyl (C=O) groups excluding carboxylic acids is 8. The van der Waals surface area contributed by atoms with Crippen LogP contribution < -0.4 is 0 Å². The third-order valence-corrected chi connectivity index (χ3v) is 16.5. The molecule has 20 heteroatoms. The van der Waals surface area contributed by atoms with E-state index in [2.05, 4.69) is 10.2 Å². The molecule has 2 aromatic heterocycles. The average Bonchev–Trinajstić information content (AvgIpc) is 1.10. The van der Waals surface area contributed by atoms with Gasteiger partial charge in [0.05, 0.1) is 25.5 Å². The predicted octanol–water partition coefficient (Wildman–Crippen LogP) is 9.49. The summed E-state index contributed by atoms with van der Waals surface area (Å²) in [6.07, 6.45) is 1.31. The Morgan fingerprint density at radius 2 is 0.696 bits per heavy atom. The molecule has 0 saturated carbocycles. The highest BCUT2D eigenvalue weighted by molar-refractivity contribution is 5.94. The molecule has 6 aromatic rings. The normalized spacial score (nSPS) is 21.7. The second-order valence-corrected chi connectivity index (χ2v) is 26.0. The number of nitrogens with zero attached hydrogens (tertiary/aromatic N) is 8. The number of likely N-dealkylation sites (N-methyl/N-ethyl adjacent to an activating group) is 4. The summed E-state index contributed by atoms with van der Waals surface area (Å²) in [6.45, 7) is 18.4. The summed E-state index contributed by atoms with van der Waals surface area (Å²) < 4.78 is 28.1. The number of benzene rings is 4. The molecule has 0 N–H and O–H groups in total.